The Labute approximate surface area is 134 Å². The van der Waals surface area contributed by atoms with Gasteiger partial charge in [0.25, 0.3) is 0 Å². The summed E-state index contributed by atoms with van der Waals surface area (Å²) in [6.45, 7) is 3.34. The van der Waals surface area contributed by atoms with Gasteiger partial charge in [-0.15, -0.1) is 0 Å². The highest BCUT2D eigenvalue weighted by Crippen LogP contribution is 2.47. The molecule has 1 aliphatic rings. The number of carbonyl (C=O) groups excluding carboxylic acids is 1. The van der Waals surface area contributed by atoms with E-state index >= 15 is 0 Å². The van der Waals surface area contributed by atoms with Crippen molar-refractivity contribution in [2.45, 2.75) is 25.8 Å². The van der Waals surface area contributed by atoms with Gasteiger partial charge < -0.3 is 14.3 Å². The van der Waals surface area contributed by atoms with E-state index in [-0.39, 0.29) is 17.7 Å². The van der Waals surface area contributed by atoms with E-state index in [1.807, 2.05) is 37.3 Å². The van der Waals surface area contributed by atoms with Crippen LogP contribution >= 0.6 is 0 Å². The lowest BCUT2D eigenvalue weighted by Crippen LogP contribution is -2.29. The molecule has 1 amide bonds. The minimum absolute atomic E-state index is 0.0572. The topological polar surface area (TPSA) is 60.1 Å². The van der Waals surface area contributed by atoms with Gasteiger partial charge in [-0.05, 0) is 37.6 Å². The molecule has 1 aromatic carbocycles. The highest BCUT2D eigenvalue weighted by atomic mass is 16.3. The summed E-state index contributed by atoms with van der Waals surface area (Å²) in [6.07, 6.45) is 2.54. The summed E-state index contributed by atoms with van der Waals surface area (Å²) in [5.41, 5.74) is 2.11. The highest BCUT2D eigenvalue weighted by molar-refractivity contribution is 5.82. The Balaban J connectivity index is 1.35. The van der Waals surface area contributed by atoms with Crippen molar-refractivity contribution in [2.24, 2.45) is 5.92 Å². The third-order valence-corrected chi connectivity index (χ3v) is 4.52. The summed E-state index contributed by atoms with van der Waals surface area (Å²) in [5, 5.41) is 3.04. The van der Waals surface area contributed by atoms with Crippen molar-refractivity contribution >= 4 is 16.9 Å². The van der Waals surface area contributed by atoms with Gasteiger partial charge in [0, 0.05) is 24.9 Å². The van der Waals surface area contributed by atoms with E-state index in [0.29, 0.717) is 6.54 Å². The van der Waals surface area contributed by atoms with E-state index in [1.54, 1.807) is 6.26 Å². The van der Waals surface area contributed by atoms with Gasteiger partial charge in [0.05, 0.1) is 17.3 Å². The van der Waals surface area contributed by atoms with Gasteiger partial charge in [-0.3, -0.25) is 4.79 Å². The Kier molecular flexibility index (Phi) is 3.41. The minimum atomic E-state index is 0.0572. The van der Waals surface area contributed by atoms with Crippen LogP contribution in [-0.2, 0) is 11.3 Å². The van der Waals surface area contributed by atoms with Crippen LogP contribution in [-0.4, -0.2) is 22.0 Å². The molecule has 0 bridgehead atoms. The third kappa shape index (κ3) is 2.63. The SMILES string of the molecule is Cc1nc2ccccc2n1CCNC(=O)C1CC1c1ccco1. The maximum Gasteiger partial charge on any atom is 0.223 e. The van der Waals surface area contributed by atoms with Crippen molar-refractivity contribution in [3.05, 3.63) is 54.2 Å². The molecule has 3 aromatic rings. The lowest BCUT2D eigenvalue weighted by molar-refractivity contribution is -0.122. The number of aryl methyl sites for hydroxylation is 1. The number of benzene rings is 1. The number of carbonyl (C=O) groups is 1. The molecule has 1 N–H and O–H groups in total. The van der Waals surface area contributed by atoms with Gasteiger partial charge in [-0.2, -0.15) is 0 Å². The summed E-state index contributed by atoms with van der Waals surface area (Å²) in [5.74, 6) is 2.32. The predicted molar refractivity (Wildman–Crippen MR) is 87.0 cm³/mol. The lowest BCUT2D eigenvalue weighted by Gasteiger charge is -2.08. The fraction of sp³-hybridized carbons (Fsp3) is 0.333. The molecule has 118 valence electrons. The van der Waals surface area contributed by atoms with Crippen LogP contribution in [0.2, 0.25) is 0 Å². The first-order valence-electron chi connectivity index (χ1n) is 7.97. The summed E-state index contributed by atoms with van der Waals surface area (Å²) in [7, 11) is 0. The van der Waals surface area contributed by atoms with Crippen LogP contribution in [0.4, 0.5) is 0 Å². The normalized spacial score (nSPS) is 19.9. The molecule has 5 heteroatoms. The molecule has 4 rings (SSSR count). The molecule has 1 aliphatic carbocycles. The second kappa shape index (κ2) is 5.57. The Morgan fingerprint density at radius 1 is 1.35 bits per heavy atom. The van der Waals surface area contributed by atoms with Gasteiger partial charge in [-0.1, -0.05) is 12.1 Å². The fourth-order valence-corrected chi connectivity index (χ4v) is 3.20. The number of rotatable bonds is 5. The Morgan fingerprint density at radius 2 is 2.22 bits per heavy atom. The number of furan rings is 1. The Morgan fingerprint density at radius 3 is 3.04 bits per heavy atom. The van der Waals surface area contributed by atoms with Gasteiger partial charge in [0.1, 0.15) is 11.6 Å². The fourth-order valence-electron chi connectivity index (χ4n) is 3.20. The molecule has 0 spiro atoms. The lowest BCUT2D eigenvalue weighted by atomic mass is 10.2. The number of nitrogens with zero attached hydrogens (tertiary/aromatic N) is 2. The number of amides is 1. The average molecular weight is 309 g/mol. The number of nitrogens with one attached hydrogen (secondary N) is 1. The van der Waals surface area contributed by atoms with E-state index in [2.05, 4.69) is 20.9 Å². The smallest absolute Gasteiger partial charge is 0.223 e. The Hall–Kier alpha value is -2.56. The molecule has 0 saturated heterocycles. The maximum absolute atomic E-state index is 12.2. The molecule has 2 atom stereocenters. The maximum atomic E-state index is 12.2. The van der Waals surface area contributed by atoms with Crippen LogP contribution in [0.1, 0.15) is 23.9 Å². The summed E-state index contributed by atoms with van der Waals surface area (Å²) < 4.78 is 7.52. The molecule has 2 heterocycles. The van der Waals surface area contributed by atoms with Crippen LogP contribution in [0.25, 0.3) is 11.0 Å². The molecule has 0 aliphatic heterocycles. The van der Waals surface area contributed by atoms with Crippen LogP contribution in [0.3, 0.4) is 0 Å². The van der Waals surface area contributed by atoms with Crippen LogP contribution < -0.4 is 5.32 Å². The van der Waals surface area contributed by atoms with Gasteiger partial charge in [0.15, 0.2) is 0 Å². The zero-order chi connectivity index (χ0) is 15.8. The predicted octanol–water partition coefficient (Wildman–Crippen LogP) is 2.86. The number of hydrogen-bond donors (Lipinski definition) is 1. The molecular formula is C18H19N3O2. The summed E-state index contributed by atoms with van der Waals surface area (Å²) >= 11 is 0. The van der Waals surface area contributed by atoms with Gasteiger partial charge >= 0.3 is 0 Å². The average Bonchev–Trinajstić information content (AvgIpc) is 3.03. The third-order valence-electron chi connectivity index (χ3n) is 4.52. The van der Waals surface area contributed by atoms with E-state index in [1.165, 1.54) is 0 Å². The quantitative estimate of drug-likeness (QED) is 0.788. The summed E-state index contributed by atoms with van der Waals surface area (Å²) in [6, 6.07) is 11.9. The van der Waals surface area contributed by atoms with Crippen molar-refractivity contribution < 1.29 is 9.21 Å². The van der Waals surface area contributed by atoms with Crippen molar-refractivity contribution in [2.75, 3.05) is 6.54 Å². The first-order valence-corrected chi connectivity index (χ1v) is 7.97. The largest absolute Gasteiger partial charge is 0.469 e. The zero-order valence-corrected chi connectivity index (χ0v) is 13.0. The van der Waals surface area contributed by atoms with Crippen LogP contribution in [0.5, 0.6) is 0 Å². The number of fused-ring (bicyclic) bond motifs is 1. The van der Waals surface area contributed by atoms with Crippen molar-refractivity contribution in [3.8, 4) is 0 Å². The second-order valence-electron chi connectivity index (χ2n) is 6.05. The standard InChI is InChI=1S/C18H19N3O2/c1-12-20-15-5-2-3-6-16(15)21(12)9-8-19-18(22)14-11-13(14)17-7-4-10-23-17/h2-7,10,13-14H,8-9,11H2,1H3,(H,19,22). The van der Waals surface area contributed by atoms with Crippen LogP contribution in [0.15, 0.2) is 47.1 Å². The van der Waals surface area contributed by atoms with Crippen LogP contribution in [0, 0.1) is 12.8 Å². The minimum Gasteiger partial charge on any atom is -0.469 e. The molecule has 5 nitrogen and oxygen atoms in total. The molecule has 2 unspecified atom stereocenters. The molecule has 1 saturated carbocycles. The second-order valence-corrected chi connectivity index (χ2v) is 6.05. The van der Waals surface area contributed by atoms with E-state index in [0.717, 1.165) is 35.6 Å². The van der Waals surface area contributed by atoms with Crippen molar-refractivity contribution in [1.29, 1.82) is 0 Å². The highest BCUT2D eigenvalue weighted by Gasteiger charge is 2.45. The van der Waals surface area contributed by atoms with E-state index in [4.69, 9.17) is 4.42 Å². The first kappa shape index (κ1) is 14.1. The first-order chi connectivity index (χ1) is 11.2. The zero-order valence-electron chi connectivity index (χ0n) is 13.0. The van der Waals surface area contributed by atoms with Gasteiger partial charge in [0.2, 0.25) is 5.91 Å². The van der Waals surface area contributed by atoms with E-state index < -0.39 is 0 Å². The Bertz CT molecular complexity index is 835. The van der Waals surface area contributed by atoms with Gasteiger partial charge in [-0.25, -0.2) is 4.98 Å². The molecule has 2 aromatic heterocycles. The van der Waals surface area contributed by atoms with Crippen molar-refractivity contribution in [3.63, 3.8) is 0 Å². The summed E-state index contributed by atoms with van der Waals surface area (Å²) in [4.78, 5) is 16.8. The molecule has 1 fully saturated rings. The molecule has 23 heavy (non-hydrogen) atoms. The van der Waals surface area contributed by atoms with Crippen molar-refractivity contribution in [1.82, 2.24) is 14.9 Å². The number of para-hydroxylation sites is 2. The number of imidazole rings is 1. The molecular weight excluding hydrogens is 290 g/mol. The van der Waals surface area contributed by atoms with E-state index in [9.17, 15) is 4.79 Å². The number of aromatic nitrogens is 2. The molecule has 0 radical (unpaired) electrons. The number of hydrogen-bond acceptors (Lipinski definition) is 3. The monoisotopic (exact) mass is 309 g/mol.